The molecule has 0 radical (unpaired) electrons. The average molecular weight is 481 g/mol. The van der Waals surface area contributed by atoms with Crippen LogP contribution in [0.5, 0.6) is 11.5 Å². The predicted molar refractivity (Wildman–Crippen MR) is 128 cm³/mol. The number of hydrogen-bond donors (Lipinski definition) is 1. The minimum Gasteiger partial charge on any atom is -0.454 e. The maximum absolute atomic E-state index is 13.1. The van der Waals surface area contributed by atoms with Crippen LogP contribution in [0.2, 0.25) is 0 Å². The first kappa shape index (κ1) is 22.5. The number of benzene rings is 1. The van der Waals surface area contributed by atoms with Crippen molar-refractivity contribution in [3.05, 3.63) is 39.9 Å². The Labute approximate surface area is 203 Å². The summed E-state index contributed by atoms with van der Waals surface area (Å²) in [7, 11) is 0. The average Bonchev–Trinajstić information content (AvgIpc) is 3.66. The molecule has 1 aromatic carbocycles. The maximum atomic E-state index is 13.1. The Kier molecular flexibility index (Phi) is 6.15. The van der Waals surface area contributed by atoms with E-state index in [4.69, 9.17) is 14.2 Å². The molecule has 0 spiro atoms. The molecule has 35 heavy (non-hydrogen) atoms. The first-order valence-electron chi connectivity index (χ1n) is 12.8. The van der Waals surface area contributed by atoms with Gasteiger partial charge in [-0.2, -0.15) is 0 Å². The maximum Gasteiger partial charge on any atom is 0.252 e. The van der Waals surface area contributed by atoms with E-state index in [0.29, 0.717) is 29.6 Å². The van der Waals surface area contributed by atoms with Crippen LogP contribution in [0.15, 0.2) is 23.0 Å². The van der Waals surface area contributed by atoms with Crippen molar-refractivity contribution in [1.29, 1.82) is 0 Å². The molecular formula is C25H32N6O4. The van der Waals surface area contributed by atoms with Gasteiger partial charge in [0.25, 0.3) is 5.56 Å². The van der Waals surface area contributed by atoms with Gasteiger partial charge < -0.3 is 19.2 Å². The number of aromatic nitrogens is 5. The van der Waals surface area contributed by atoms with E-state index >= 15 is 0 Å². The summed E-state index contributed by atoms with van der Waals surface area (Å²) < 4.78 is 19.0. The van der Waals surface area contributed by atoms with Crippen LogP contribution in [-0.2, 0) is 11.3 Å². The number of ether oxygens (including phenoxy) is 3. The van der Waals surface area contributed by atoms with E-state index in [1.54, 1.807) is 0 Å². The third-order valence-electron chi connectivity index (χ3n) is 7.56. The van der Waals surface area contributed by atoms with Crippen molar-refractivity contribution in [2.45, 2.75) is 76.6 Å². The Morgan fingerprint density at radius 1 is 1.14 bits per heavy atom. The van der Waals surface area contributed by atoms with Crippen molar-refractivity contribution >= 4 is 10.9 Å². The number of pyridine rings is 1. The van der Waals surface area contributed by atoms with Gasteiger partial charge in [-0.15, -0.1) is 5.10 Å². The van der Waals surface area contributed by atoms with Gasteiger partial charge in [0.15, 0.2) is 17.3 Å². The SMILES string of the molecule is CCC(c1nnnn1C1CCCC1)N(Cc1cc2cc3c(cc2[nH]c1=O)OCO3)CC1CCCO1. The topological polar surface area (TPSA) is 107 Å². The van der Waals surface area contributed by atoms with Gasteiger partial charge in [0.1, 0.15) is 0 Å². The van der Waals surface area contributed by atoms with Crippen molar-refractivity contribution in [2.24, 2.45) is 0 Å². The molecule has 1 aliphatic carbocycles. The highest BCUT2D eigenvalue weighted by Crippen LogP contribution is 2.36. The number of H-pyrrole nitrogens is 1. The van der Waals surface area contributed by atoms with E-state index in [1.165, 1.54) is 12.8 Å². The minimum absolute atomic E-state index is 0.0124. The first-order chi connectivity index (χ1) is 17.2. The van der Waals surface area contributed by atoms with Gasteiger partial charge in [0, 0.05) is 36.7 Å². The number of nitrogens with zero attached hydrogens (tertiary/aromatic N) is 5. The molecule has 10 nitrogen and oxygen atoms in total. The van der Waals surface area contributed by atoms with Crippen LogP contribution < -0.4 is 15.0 Å². The molecule has 2 aliphatic heterocycles. The summed E-state index contributed by atoms with van der Waals surface area (Å²) in [6.45, 7) is 4.36. The van der Waals surface area contributed by atoms with E-state index in [-0.39, 0.29) is 24.5 Å². The lowest BCUT2D eigenvalue weighted by atomic mass is 10.1. The van der Waals surface area contributed by atoms with Crippen molar-refractivity contribution in [3.8, 4) is 11.5 Å². The Hall–Kier alpha value is -2.98. The van der Waals surface area contributed by atoms with E-state index in [2.05, 4.69) is 32.3 Å². The molecule has 1 saturated carbocycles. The van der Waals surface area contributed by atoms with Gasteiger partial charge >= 0.3 is 0 Å². The van der Waals surface area contributed by atoms with Crippen LogP contribution in [0.4, 0.5) is 0 Å². The Morgan fingerprint density at radius 2 is 1.97 bits per heavy atom. The summed E-state index contributed by atoms with van der Waals surface area (Å²) in [6.07, 6.45) is 7.73. The number of aromatic amines is 1. The zero-order chi connectivity index (χ0) is 23.8. The van der Waals surface area contributed by atoms with Crippen molar-refractivity contribution in [1.82, 2.24) is 30.1 Å². The standard InChI is InChI=1S/C25H32N6O4/c1-2-21(24-27-28-29-31(24)18-6-3-4-7-18)30(14-19-8-5-9-33-19)13-17-10-16-11-22-23(35-15-34-22)12-20(16)26-25(17)32/h10-12,18-19,21H,2-9,13-15H2,1H3,(H,26,32). The second-order valence-electron chi connectivity index (χ2n) is 9.82. The van der Waals surface area contributed by atoms with Crippen LogP contribution in [-0.4, -0.2) is 56.1 Å². The molecule has 6 rings (SSSR count). The lowest BCUT2D eigenvalue weighted by Gasteiger charge is -2.32. The largest absolute Gasteiger partial charge is 0.454 e. The smallest absolute Gasteiger partial charge is 0.252 e. The van der Waals surface area contributed by atoms with Crippen LogP contribution in [0.1, 0.15) is 75.3 Å². The summed E-state index contributed by atoms with van der Waals surface area (Å²) >= 11 is 0. The van der Waals surface area contributed by atoms with E-state index in [1.807, 2.05) is 22.9 Å². The van der Waals surface area contributed by atoms with Gasteiger partial charge in [-0.3, -0.25) is 9.69 Å². The lowest BCUT2D eigenvalue weighted by Crippen LogP contribution is -2.38. The van der Waals surface area contributed by atoms with E-state index in [0.717, 1.165) is 62.0 Å². The number of rotatable bonds is 8. The molecule has 3 aliphatic rings. The Bertz CT molecular complexity index is 1240. The van der Waals surface area contributed by atoms with Crippen LogP contribution in [0.25, 0.3) is 10.9 Å². The Balaban J connectivity index is 1.34. The summed E-state index contributed by atoms with van der Waals surface area (Å²) in [5.74, 6) is 2.25. The van der Waals surface area contributed by atoms with Gasteiger partial charge in [-0.25, -0.2) is 4.68 Å². The van der Waals surface area contributed by atoms with Gasteiger partial charge in [-0.05, 0) is 54.7 Å². The number of hydrogen-bond acceptors (Lipinski definition) is 8. The van der Waals surface area contributed by atoms with Crippen molar-refractivity contribution in [3.63, 3.8) is 0 Å². The molecular weight excluding hydrogens is 448 g/mol. The van der Waals surface area contributed by atoms with E-state index in [9.17, 15) is 4.79 Å². The molecule has 2 unspecified atom stereocenters. The fraction of sp³-hybridized carbons (Fsp3) is 0.600. The van der Waals surface area contributed by atoms with E-state index < -0.39 is 0 Å². The number of nitrogens with one attached hydrogen (secondary N) is 1. The molecule has 186 valence electrons. The molecule has 0 amide bonds. The second kappa shape index (κ2) is 9.58. The highest BCUT2D eigenvalue weighted by Gasteiger charge is 2.32. The fourth-order valence-electron chi connectivity index (χ4n) is 5.76. The molecule has 0 bridgehead atoms. The van der Waals surface area contributed by atoms with Crippen LogP contribution >= 0.6 is 0 Å². The highest BCUT2D eigenvalue weighted by atomic mass is 16.7. The van der Waals surface area contributed by atoms with Gasteiger partial charge in [-0.1, -0.05) is 19.8 Å². The second-order valence-corrected chi connectivity index (χ2v) is 9.82. The van der Waals surface area contributed by atoms with Crippen molar-refractivity contribution in [2.75, 3.05) is 19.9 Å². The monoisotopic (exact) mass is 480 g/mol. The molecule has 1 saturated heterocycles. The first-order valence-corrected chi connectivity index (χ1v) is 12.8. The lowest BCUT2D eigenvalue weighted by molar-refractivity contribution is 0.0484. The quantitative estimate of drug-likeness (QED) is 0.522. The van der Waals surface area contributed by atoms with Crippen LogP contribution in [0.3, 0.4) is 0 Å². The molecule has 10 heteroatoms. The third-order valence-corrected chi connectivity index (χ3v) is 7.56. The third kappa shape index (κ3) is 4.40. The summed E-state index contributed by atoms with van der Waals surface area (Å²) in [5.41, 5.74) is 1.34. The number of fused-ring (bicyclic) bond motifs is 2. The zero-order valence-corrected chi connectivity index (χ0v) is 20.1. The van der Waals surface area contributed by atoms with Crippen molar-refractivity contribution < 1.29 is 14.2 Å². The fourth-order valence-corrected chi connectivity index (χ4v) is 5.76. The molecule has 2 atom stereocenters. The molecule has 3 aromatic rings. The molecule has 2 aromatic heterocycles. The summed E-state index contributed by atoms with van der Waals surface area (Å²) in [4.78, 5) is 18.5. The summed E-state index contributed by atoms with van der Waals surface area (Å²) in [5, 5.41) is 13.8. The van der Waals surface area contributed by atoms with Crippen LogP contribution in [0, 0.1) is 0 Å². The minimum atomic E-state index is -0.0982. The summed E-state index contributed by atoms with van der Waals surface area (Å²) in [6, 6.07) is 6.07. The zero-order valence-electron chi connectivity index (χ0n) is 20.1. The predicted octanol–water partition coefficient (Wildman–Crippen LogP) is 3.49. The van der Waals surface area contributed by atoms with Gasteiger partial charge in [0.2, 0.25) is 6.79 Å². The Morgan fingerprint density at radius 3 is 2.74 bits per heavy atom. The van der Waals surface area contributed by atoms with Gasteiger partial charge in [0.05, 0.1) is 23.7 Å². The normalized spacial score (nSPS) is 20.9. The highest BCUT2D eigenvalue weighted by molar-refractivity contribution is 5.83. The molecule has 4 heterocycles. The molecule has 2 fully saturated rings. The molecule has 1 N–H and O–H groups in total. The number of tetrazole rings is 1.